The number of rotatable bonds is 1. The number of aliphatic hydroxyl groups is 2. The number of aliphatic hydroxyl groups excluding tert-OH is 2. The first kappa shape index (κ1) is 24.0. The molecule has 186 valence electrons. The van der Waals surface area contributed by atoms with E-state index in [-0.39, 0.29) is 51.5 Å². The summed E-state index contributed by atoms with van der Waals surface area (Å²) in [6.45, 7) is 16.7. The maximum atomic E-state index is 13.0. The van der Waals surface area contributed by atoms with E-state index in [1.165, 1.54) is 6.42 Å². The molecule has 0 aromatic carbocycles. The zero-order valence-corrected chi connectivity index (χ0v) is 22.3. The topological polar surface area (TPSA) is 57.5 Å². The molecule has 4 fully saturated rings. The van der Waals surface area contributed by atoms with Crippen LogP contribution < -0.4 is 0 Å². The second kappa shape index (κ2) is 6.96. The van der Waals surface area contributed by atoms with E-state index < -0.39 is 5.41 Å². The second-order valence-electron chi connectivity index (χ2n) is 14.9. The maximum Gasteiger partial charge on any atom is 0.141 e. The van der Waals surface area contributed by atoms with Crippen LogP contribution in [0.25, 0.3) is 0 Å². The smallest absolute Gasteiger partial charge is 0.141 e. The summed E-state index contributed by atoms with van der Waals surface area (Å²) in [7, 11) is 0. The molecular weight excluding hydrogens is 408 g/mol. The van der Waals surface area contributed by atoms with Crippen LogP contribution in [0.15, 0.2) is 11.6 Å². The van der Waals surface area contributed by atoms with Gasteiger partial charge in [0.25, 0.3) is 0 Å². The van der Waals surface area contributed by atoms with Gasteiger partial charge in [0.2, 0.25) is 0 Å². The van der Waals surface area contributed by atoms with Gasteiger partial charge in [0.1, 0.15) is 5.78 Å². The average Bonchev–Trinajstić information content (AvgIpc) is 2.73. The van der Waals surface area contributed by atoms with Gasteiger partial charge in [-0.25, -0.2) is 0 Å². The van der Waals surface area contributed by atoms with Gasteiger partial charge in [-0.2, -0.15) is 0 Å². The van der Waals surface area contributed by atoms with Gasteiger partial charge in [-0.1, -0.05) is 60.1 Å². The van der Waals surface area contributed by atoms with Crippen LogP contribution in [0.5, 0.6) is 0 Å². The Bertz CT molecular complexity index is 889. The number of hydrogen-bond donors (Lipinski definition) is 2. The van der Waals surface area contributed by atoms with Gasteiger partial charge in [-0.3, -0.25) is 4.79 Å². The monoisotopic (exact) mass is 456 g/mol. The van der Waals surface area contributed by atoms with E-state index in [4.69, 9.17) is 0 Å². The minimum Gasteiger partial charge on any atom is -0.395 e. The van der Waals surface area contributed by atoms with E-state index in [9.17, 15) is 15.0 Å². The van der Waals surface area contributed by atoms with Gasteiger partial charge in [-0.05, 0) is 90.8 Å². The summed E-state index contributed by atoms with van der Waals surface area (Å²) in [6.07, 6.45) is 11.6. The Labute approximate surface area is 201 Å². The normalized spacial score (nSPS) is 55.5. The fourth-order valence-electron chi connectivity index (χ4n) is 10.5. The number of carbonyl (C=O) groups is 1. The van der Waals surface area contributed by atoms with Crippen LogP contribution in [0.3, 0.4) is 0 Å². The van der Waals surface area contributed by atoms with E-state index >= 15 is 0 Å². The Hall–Kier alpha value is -0.670. The van der Waals surface area contributed by atoms with Crippen molar-refractivity contribution in [3.8, 4) is 0 Å². The van der Waals surface area contributed by atoms with Gasteiger partial charge in [0.05, 0.1) is 18.1 Å². The van der Waals surface area contributed by atoms with Gasteiger partial charge in [0.15, 0.2) is 0 Å². The van der Waals surface area contributed by atoms with Gasteiger partial charge >= 0.3 is 0 Å². The average molecular weight is 457 g/mol. The molecule has 0 aliphatic heterocycles. The molecule has 0 aromatic rings. The van der Waals surface area contributed by atoms with E-state index in [0.29, 0.717) is 18.3 Å². The highest BCUT2D eigenvalue weighted by molar-refractivity contribution is 5.86. The molecular formula is C30H48O3. The van der Waals surface area contributed by atoms with E-state index in [1.807, 2.05) is 6.92 Å². The number of Topliss-reactive ketones (excluding diaryl/α,β-unsaturated/α-hetero) is 1. The second-order valence-corrected chi connectivity index (χ2v) is 14.9. The maximum absolute atomic E-state index is 13.0. The first-order chi connectivity index (χ1) is 15.2. The molecule has 0 saturated heterocycles. The molecule has 0 radical (unpaired) electrons. The minimum absolute atomic E-state index is 0.00210. The van der Waals surface area contributed by atoms with Crippen LogP contribution in [0.2, 0.25) is 0 Å². The Morgan fingerprint density at radius 2 is 1.61 bits per heavy atom. The molecule has 3 heteroatoms. The fraction of sp³-hybridized carbons (Fsp3) is 0.900. The van der Waals surface area contributed by atoms with Crippen molar-refractivity contribution < 1.29 is 15.0 Å². The lowest BCUT2D eigenvalue weighted by Crippen LogP contribution is -2.65. The molecule has 0 bridgehead atoms. The van der Waals surface area contributed by atoms with Crippen LogP contribution in [0.1, 0.15) is 106 Å². The molecule has 5 aliphatic rings. The largest absolute Gasteiger partial charge is 0.395 e. The van der Waals surface area contributed by atoms with Gasteiger partial charge in [0, 0.05) is 11.8 Å². The van der Waals surface area contributed by atoms with Crippen LogP contribution in [0.4, 0.5) is 0 Å². The summed E-state index contributed by atoms with van der Waals surface area (Å²) in [6, 6.07) is 0. The summed E-state index contributed by atoms with van der Waals surface area (Å²) < 4.78 is 0. The van der Waals surface area contributed by atoms with Crippen molar-refractivity contribution in [2.24, 2.45) is 50.2 Å². The van der Waals surface area contributed by atoms with E-state index in [2.05, 4.69) is 47.6 Å². The zero-order chi connectivity index (χ0) is 24.2. The van der Waals surface area contributed by atoms with Crippen LogP contribution in [-0.2, 0) is 4.79 Å². The van der Waals surface area contributed by atoms with Crippen molar-refractivity contribution in [3.63, 3.8) is 0 Å². The Kier molecular flexibility index (Phi) is 5.07. The van der Waals surface area contributed by atoms with Crippen LogP contribution in [-0.4, -0.2) is 28.7 Å². The molecule has 4 unspecified atom stereocenters. The Morgan fingerprint density at radius 3 is 2.27 bits per heavy atom. The van der Waals surface area contributed by atoms with Crippen molar-refractivity contribution in [1.29, 1.82) is 0 Å². The number of hydrogen-bond acceptors (Lipinski definition) is 3. The lowest BCUT2D eigenvalue weighted by Gasteiger charge is -2.71. The van der Waals surface area contributed by atoms with Crippen molar-refractivity contribution in [1.82, 2.24) is 0 Å². The molecule has 0 aromatic heterocycles. The van der Waals surface area contributed by atoms with Gasteiger partial charge in [-0.15, -0.1) is 0 Å². The predicted octanol–water partition coefficient (Wildman–Crippen LogP) is 6.32. The summed E-state index contributed by atoms with van der Waals surface area (Å²) in [5.41, 5.74) is 1.69. The highest BCUT2D eigenvalue weighted by atomic mass is 16.3. The van der Waals surface area contributed by atoms with E-state index in [0.717, 1.165) is 44.9 Å². The third-order valence-corrected chi connectivity index (χ3v) is 13.0. The van der Waals surface area contributed by atoms with Gasteiger partial charge < -0.3 is 10.2 Å². The predicted molar refractivity (Wildman–Crippen MR) is 133 cm³/mol. The number of allylic oxidation sites excluding steroid dienone is 2. The molecule has 5 rings (SSSR count). The molecule has 0 spiro atoms. The van der Waals surface area contributed by atoms with Crippen molar-refractivity contribution in [2.75, 3.05) is 6.61 Å². The highest BCUT2D eigenvalue weighted by Gasteiger charge is 2.69. The lowest BCUT2D eigenvalue weighted by atomic mass is 9.33. The summed E-state index contributed by atoms with van der Waals surface area (Å²) in [5, 5.41) is 21.6. The zero-order valence-electron chi connectivity index (χ0n) is 22.3. The minimum atomic E-state index is -0.581. The summed E-state index contributed by atoms with van der Waals surface area (Å²) >= 11 is 0. The number of ketones is 1. The molecule has 0 amide bonds. The molecule has 4 saturated carbocycles. The summed E-state index contributed by atoms with van der Waals surface area (Å²) in [5.74, 6) is 1.56. The first-order valence-electron chi connectivity index (χ1n) is 13.7. The molecule has 9 atom stereocenters. The number of carbonyl (C=O) groups excluding carboxylic acids is 1. The molecule has 5 aliphatic carbocycles. The Balaban J connectivity index is 1.59. The SMILES string of the molecule is CC1(C)CC(O)[C@]2(C)CC[C@]3(C)C(=CCC4[C@@]5(C)CCC(=O)[C@](C)(CO)C5CC[C@]43C)C2C1. The molecule has 33 heavy (non-hydrogen) atoms. The number of fused-ring (bicyclic) bond motifs is 7. The fourth-order valence-corrected chi connectivity index (χ4v) is 10.5. The third kappa shape index (κ3) is 2.85. The summed E-state index contributed by atoms with van der Waals surface area (Å²) in [4.78, 5) is 13.0. The molecule has 2 N–H and O–H groups in total. The van der Waals surface area contributed by atoms with Crippen molar-refractivity contribution >= 4 is 5.78 Å². The highest BCUT2D eigenvalue weighted by Crippen LogP contribution is 2.75. The molecule has 0 heterocycles. The first-order valence-corrected chi connectivity index (χ1v) is 13.7. The quantitative estimate of drug-likeness (QED) is 0.454. The van der Waals surface area contributed by atoms with E-state index in [1.54, 1.807) is 5.57 Å². The standard InChI is InChI=1S/C30H48O3/c1-25(2)16-20-19-8-9-22-27(4)12-11-23(32)28(5,18-31)21(27)10-13-30(22,7)29(19,6)15-14-26(20,3)24(33)17-25/h8,20-22,24,31,33H,9-18H2,1-7H3/t20?,21?,22?,24?,26-,27+,28-,29-,30-/m1/s1. The lowest BCUT2D eigenvalue weighted by molar-refractivity contribution is -0.196. The van der Waals surface area contributed by atoms with Crippen LogP contribution >= 0.6 is 0 Å². The van der Waals surface area contributed by atoms with Crippen molar-refractivity contribution in [2.45, 2.75) is 112 Å². The van der Waals surface area contributed by atoms with Crippen LogP contribution in [0, 0.1) is 50.2 Å². The third-order valence-electron chi connectivity index (χ3n) is 13.0. The molecule has 3 nitrogen and oxygen atoms in total. The van der Waals surface area contributed by atoms with Crippen molar-refractivity contribution in [3.05, 3.63) is 11.6 Å². The Morgan fingerprint density at radius 1 is 0.909 bits per heavy atom.